The largest absolute Gasteiger partial charge is 0.481 e. The number of thioether (sulfide) groups is 1. The summed E-state index contributed by atoms with van der Waals surface area (Å²) < 4.78 is 0. The summed E-state index contributed by atoms with van der Waals surface area (Å²) in [6.45, 7) is -0.454. The first-order valence-corrected chi connectivity index (χ1v) is 14.7. The fourth-order valence-electron chi connectivity index (χ4n) is 3.67. The molecule has 12 N–H and O–H groups in total. The monoisotopic (exact) mass is 624 g/mol. The van der Waals surface area contributed by atoms with E-state index >= 15 is 0 Å². The van der Waals surface area contributed by atoms with E-state index in [1.165, 1.54) is 11.8 Å². The van der Waals surface area contributed by atoms with Gasteiger partial charge in [-0.25, -0.2) is 4.79 Å². The van der Waals surface area contributed by atoms with Crippen molar-refractivity contribution in [1.82, 2.24) is 21.3 Å². The van der Waals surface area contributed by atoms with Crippen LogP contribution in [0.4, 0.5) is 0 Å². The molecule has 43 heavy (non-hydrogen) atoms. The van der Waals surface area contributed by atoms with E-state index in [1.54, 1.807) is 30.3 Å². The van der Waals surface area contributed by atoms with Crippen LogP contribution in [0.25, 0.3) is 0 Å². The van der Waals surface area contributed by atoms with Crippen molar-refractivity contribution >= 4 is 53.3 Å². The molecule has 1 aromatic rings. The molecule has 0 heterocycles. The molecule has 238 valence electrons. The molecule has 1 rings (SSSR count). The van der Waals surface area contributed by atoms with Crippen LogP contribution in [0.2, 0.25) is 0 Å². The van der Waals surface area contributed by atoms with E-state index < -0.39 is 72.7 Å². The van der Waals surface area contributed by atoms with Gasteiger partial charge in [0.2, 0.25) is 23.6 Å². The third-order valence-corrected chi connectivity index (χ3v) is 6.54. The molecule has 0 saturated carbocycles. The molecular weight excluding hydrogens is 584 g/mol. The molecule has 0 unspecified atom stereocenters. The van der Waals surface area contributed by atoms with Crippen LogP contribution < -0.4 is 38.5 Å². The van der Waals surface area contributed by atoms with E-state index in [2.05, 4.69) is 26.3 Å². The zero-order valence-corrected chi connectivity index (χ0v) is 24.6. The molecule has 0 spiro atoms. The first-order chi connectivity index (χ1) is 20.3. The maximum Gasteiger partial charge on any atom is 0.326 e. The van der Waals surface area contributed by atoms with E-state index in [9.17, 15) is 39.0 Å². The normalized spacial score (nSPS) is 13.3. The molecule has 0 saturated heterocycles. The number of carbonyl (C=O) groups is 6. The van der Waals surface area contributed by atoms with Gasteiger partial charge in [0.1, 0.15) is 18.1 Å². The average molecular weight is 625 g/mol. The van der Waals surface area contributed by atoms with Crippen molar-refractivity contribution in [3.63, 3.8) is 0 Å². The summed E-state index contributed by atoms with van der Waals surface area (Å²) in [5.74, 6) is -5.51. The highest BCUT2D eigenvalue weighted by atomic mass is 32.2. The highest BCUT2D eigenvalue weighted by molar-refractivity contribution is 7.98. The van der Waals surface area contributed by atoms with Gasteiger partial charge < -0.3 is 48.7 Å². The lowest BCUT2D eigenvalue weighted by Gasteiger charge is -2.23. The second-order valence-corrected chi connectivity index (χ2v) is 10.4. The lowest BCUT2D eigenvalue weighted by atomic mass is 10.0. The predicted molar refractivity (Wildman–Crippen MR) is 160 cm³/mol. The molecule has 0 fully saturated rings. The number of hydrogen-bond donors (Lipinski definition) is 9. The Bertz CT molecular complexity index is 1130. The molecule has 0 aliphatic heterocycles. The number of nitrogens with zero attached hydrogens (tertiary/aromatic N) is 1. The second-order valence-electron chi connectivity index (χ2n) is 9.42. The number of nitrogens with two attached hydrogens (primary N) is 3. The van der Waals surface area contributed by atoms with Crippen LogP contribution >= 0.6 is 11.8 Å². The minimum absolute atomic E-state index is 0.0239. The maximum atomic E-state index is 13.1. The Morgan fingerprint density at radius 3 is 2.12 bits per heavy atom. The number of guanidine groups is 1. The molecule has 0 aliphatic carbocycles. The van der Waals surface area contributed by atoms with Gasteiger partial charge in [-0.3, -0.25) is 29.0 Å². The van der Waals surface area contributed by atoms with Gasteiger partial charge in [-0.15, -0.1) is 0 Å². The van der Waals surface area contributed by atoms with Crippen LogP contribution in [0.15, 0.2) is 35.3 Å². The van der Waals surface area contributed by atoms with Crippen LogP contribution in [0.5, 0.6) is 0 Å². The molecule has 16 nitrogen and oxygen atoms in total. The number of aliphatic imine (C=N–C) groups is 1. The van der Waals surface area contributed by atoms with E-state index in [4.69, 9.17) is 17.2 Å². The quantitative estimate of drug-likeness (QED) is 0.0413. The van der Waals surface area contributed by atoms with Crippen LogP contribution in [-0.2, 0) is 35.2 Å². The summed E-state index contributed by atoms with van der Waals surface area (Å²) in [6.07, 6.45) is 1.61. The van der Waals surface area contributed by atoms with Crippen LogP contribution in [0.3, 0.4) is 0 Å². The number of nitrogens with one attached hydrogen (secondary N) is 4. The summed E-state index contributed by atoms with van der Waals surface area (Å²) in [4.78, 5) is 77.8. The molecule has 17 heteroatoms. The Hall–Kier alpha value is -4.38. The predicted octanol–water partition coefficient (Wildman–Crippen LogP) is -2.51. The molecule has 0 aliphatic rings. The average Bonchev–Trinajstić information content (AvgIpc) is 2.95. The van der Waals surface area contributed by atoms with Gasteiger partial charge in [0.25, 0.3) is 0 Å². The third kappa shape index (κ3) is 15.4. The molecule has 1 aromatic carbocycles. The first-order valence-electron chi connectivity index (χ1n) is 13.3. The third-order valence-electron chi connectivity index (χ3n) is 5.90. The molecule has 4 atom stereocenters. The standard InChI is InChI=1S/C26H40N8O8S/c1-43-11-9-16(27)22(38)33-19(13-21(36)37)24(40)34-18(12-15-6-3-2-4-7-15)23(39)31-14-20(35)32-17(25(41)42)8-5-10-30-26(28)29/h2-4,6-7,16-19H,5,8-14,27H2,1H3,(H,31,39)(H,32,35)(H,33,38)(H,34,40)(H,36,37)(H,41,42)(H4,28,29,30)/t16-,17-,18-,19-/m0/s1. The summed E-state index contributed by atoms with van der Waals surface area (Å²) in [5, 5.41) is 28.1. The van der Waals surface area contributed by atoms with Crippen LogP contribution in [0.1, 0.15) is 31.2 Å². The molecule has 0 bridgehead atoms. The minimum Gasteiger partial charge on any atom is -0.481 e. The van der Waals surface area contributed by atoms with Crippen molar-refractivity contribution in [2.45, 2.75) is 56.3 Å². The van der Waals surface area contributed by atoms with Gasteiger partial charge in [0.05, 0.1) is 19.0 Å². The minimum atomic E-state index is -1.53. The van der Waals surface area contributed by atoms with Gasteiger partial charge in [-0.1, -0.05) is 30.3 Å². The molecular formula is C26H40N8O8S. The van der Waals surface area contributed by atoms with Crippen molar-refractivity contribution in [3.05, 3.63) is 35.9 Å². The van der Waals surface area contributed by atoms with Gasteiger partial charge in [-0.2, -0.15) is 11.8 Å². The zero-order chi connectivity index (χ0) is 32.4. The van der Waals surface area contributed by atoms with Crippen molar-refractivity contribution < 1.29 is 39.0 Å². The molecule has 0 radical (unpaired) electrons. The van der Waals surface area contributed by atoms with Crippen molar-refractivity contribution in [1.29, 1.82) is 0 Å². The van der Waals surface area contributed by atoms with Crippen molar-refractivity contribution in [2.24, 2.45) is 22.2 Å². The van der Waals surface area contributed by atoms with Gasteiger partial charge in [-0.05, 0) is 36.8 Å². The lowest BCUT2D eigenvalue weighted by molar-refractivity contribution is -0.142. The van der Waals surface area contributed by atoms with Crippen molar-refractivity contribution in [2.75, 3.05) is 25.1 Å². The van der Waals surface area contributed by atoms with E-state index in [0.717, 1.165) is 0 Å². The summed E-state index contributed by atoms with van der Waals surface area (Å²) in [7, 11) is 0. The smallest absolute Gasteiger partial charge is 0.326 e. The second kappa shape index (κ2) is 19.7. The Kier molecular flexibility index (Phi) is 16.8. The van der Waals surface area contributed by atoms with Gasteiger partial charge in [0.15, 0.2) is 5.96 Å². The highest BCUT2D eigenvalue weighted by Gasteiger charge is 2.30. The van der Waals surface area contributed by atoms with E-state index in [-0.39, 0.29) is 31.8 Å². The molecule has 4 amide bonds. The van der Waals surface area contributed by atoms with Gasteiger partial charge in [0, 0.05) is 13.0 Å². The summed E-state index contributed by atoms with van der Waals surface area (Å²) in [5.41, 5.74) is 16.9. The number of hydrogen-bond acceptors (Lipinski definition) is 9. The Labute approximate surface area is 253 Å². The number of rotatable bonds is 20. The Morgan fingerprint density at radius 2 is 1.53 bits per heavy atom. The van der Waals surface area contributed by atoms with Crippen LogP contribution in [-0.4, -0.2) is 101 Å². The lowest BCUT2D eigenvalue weighted by Crippen LogP contribution is -2.57. The van der Waals surface area contributed by atoms with Gasteiger partial charge >= 0.3 is 11.9 Å². The summed E-state index contributed by atoms with van der Waals surface area (Å²) >= 11 is 1.46. The molecule has 0 aromatic heterocycles. The number of carboxylic acid groups (broad SMARTS) is 2. The number of aliphatic carboxylic acids is 2. The number of carboxylic acids is 2. The highest BCUT2D eigenvalue weighted by Crippen LogP contribution is 2.06. The number of benzene rings is 1. The first kappa shape index (κ1) is 36.6. The summed E-state index contributed by atoms with van der Waals surface area (Å²) in [6, 6.07) is 3.51. The fraction of sp³-hybridized carbons (Fsp3) is 0.500. The Morgan fingerprint density at radius 1 is 0.884 bits per heavy atom. The zero-order valence-electron chi connectivity index (χ0n) is 23.8. The van der Waals surface area contributed by atoms with E-state index in [1.807, 2.05) is 6.26 Å². The maximum absolute atomic E-state index is 13.1. The topological polar surface area (TPSA) is 281 Å². The number of carbonyl (C=O) groups excluding carboxylic acids is 4. The van der Waals surface area contributed by atoms with Crippen LogP contribution in [0, 0.1) is 0 Å². The number of amides is 4. The SMILES string of the molecule is CSCC[C@H](N)C(=O)N[C@@H](CC(=O)O)C(=O)N[C@@H](Cc1ccccc1)C(=O)NCC(=O)N[C@@H](CCCN=C(N)N)C(=O)O. The van der Waals surface area contributed by atoms with E-state index in [0.29, 0.717) is 17.7 Å². The Balaban J connectivity index is 2.95. The fourth-order valence-corrected chi connectivity index (χ4v) is 4.16. The van der Waals surface area contributed by atoms with Crippen molar-refractivity contribution in [3.8, 4) is 0 Å².